The van der Waals surface area contributed by atoms with Crippen molar-refractivity contribution in [3.8, 4) is 5.69 Å². The van der Waals surface area contributed by atoms with Crippen molar-refractivity contribution < 1.29 is 9.59 Å². The smallest absolute Gasteiger partial charge is 0.245 e. The van der Waals surface area contributed by atoms with Crippen LogP contribution in [-0.4, -0.2) is 39.6 Å². The first-order valence-corrected chi connectivity index (χ1v) is 12.3. The summed E-state index contributed by atoms with van der Waals surface area (Å²) in [6, 6.07) is 10.0. The Hall–Kier alpha value is -2.63. The average molecular weight is 453 g/mol. The number of aromatic nitrogens is 2. The summed E-state index contributed by atoms with van der Waals surface area (Å²) in [5.41, 5.74) is 2.80. The normalized spacial score (nSPS) is 15.0. The monoisotopic (exact) mass is 452 g/mol. The summed E-state index contributed by atoms with van der Waals surface area (Å²) in [6.07, 6.45) is 5.27. The van der Waals surface area contributed by atoms with Gasteiger partial charge in [-0.1, -0.05) is 71.6 Å². The fourth-order valence-corrected chi connectivity index (χ4v) is 4.36. The van der Waals surface area contributed by atoms with Crippen LogP contribution in [0.3, 0.4) is 0 Å². The molecule has 1 saturated carbocycles. The minimum absolute atomic E-state index is 0.0517. The molecule has 0 radical (unpaired) electrons. The molecule has 0 bridgehead atoms. The van der Waals surface area contributed by atoms with Crippen molar-refractivity contribution in [3.63, 3.8) is 0 Å². The van der Waals surface area contributed by atoms with Crippen LogP contribution in [0.15, 0.2) is 30.3 Å². The summed E-state index contributed by atoms with van der Waals surface area (Å²) in [5, 5.41) is 7.84. The zero-order chi connectivity index (χ0) is 24.2. The van der Waals surface area contributed by atoms with Gasteiger partial charge in [-0.3, -0.25) is 9.59 Å². The molecule has 1 aliphatic rings. The van der Waals surface area contributed by atoms with Gasteiger partial charge in [-0.25, -0.2) is 4.68 Å². The number of anilines is 1. The first-order chi connectivity index (χ1) is 15.5. The Labute approximate surface area is 198 Å². The van der Waals surface area contributed by atoms with Crippen molar-refractivity contribution in [3.05, 3.63) is 41.6 Å². The fraction of sp³-hybridized carbons (Fsp3) is 0.593. The van der Waals surface area contributed by atoms with Crippen molar-refractivity contribution >= 4 is 17.6 Å². The molecule has 0 unspecified atom stereocenters. The minimum atomic E-state index is -0.187. The highest BCUT2D eigenvalue weighted by Gasteiger charge is 2.28. The van der Waals surface area contributed by atoms with E-state index in [1.54, 1.807) is 9.58 Å². The van der Waals surface area contributed by atoms with Crippen LogP contribution < -0.4 is 5.32 Å². The summed E-state index contributed by atoms with van der Waals surface area (Å²) in [7, 11) is 0. The van der Waals surface area contributed by atoms with E-state index in [0.717, 1.165) is 42.6 Å². The maximum Gasteiger partial charge on any atom is 0.245 e. The number of aryl methyl sites for hydroxylation is 1. The third-order valence-corrected chi connectivity index (χ3v) is 6.21. The lowest BCUT2D eigenvalue weighted by Gasteiger charge is -2.30. The van der Waals surface area contributed by atoms with Crippen molar-refractivity contribution in [2.45, 2.75) is 79.1 Å². The third-order valence-electron chi connectivity index (χ3n) is 6.21. The lowest BCUT2D eigenvalue weighted by Crippen LogP contribution is -2.43. The zero-order valence-corrected chi connectivity index (χ0v) is 21.1. The van der Waals surface area contributed by atoms with E-state index in [4.69, 9.17) is 5.10 Å². The van der Waals surface area contributed by atoms with Crippen LogP contribution >= 0.6 is 0 Å². The van der Waals surface area contributed by atoms with E-state index in [1.807, 2.05) is 37.3 Å². The molecule has 1 N–H and O–H groups in total. The summed E-state index contributed by atoms with van der Waals surface area (Å²) < 4.78 is 1.79. The van der Waals surface area contributed by atoms with Crippen LogP contribution in [0.4, 0.5) is 5.82 Å². The van der Waals surface area contributed by atoms with Gasteiger partial charge in [-0.05, 0) is 37.8 Å². The second-order valence-corrected chi connectivity index (χ2v) is 10.9. The van der Waals surface area contributed by atoms with Gasteiger partial charge < -0.3 is 10.2 Å². The van der Waals surface area contributed by atoms with Gasteiger partial charge in [0.05, 0.1) is 17.9 Å². The molecule has 1 heterocycles. The summed E-state index contributed by atoms with van der Waals surface area (Å²) in [4.78, 5) is 28.1. The zero-order valence-electron chi connectivity index (χ0n) is 21.1. The maximum atomic E-state index is 13.2. The van der Waals surface area contributed by atoms with E-state index in [9.17, 15) is 9.59 Å². The largest absolute Gasteiger partial charge is 0.333 e. The molecule has 0 aliphatic heterocycles. The van der Waals surface area contributed by atoms with Gasteiger partial charge in [0.1, 0.15) is 5.82 Å². The van der Waals surface area contributed by atoms with Gasteiger partial charge in [-0.2, -0.15) is 5.10 Å². The Morgan fingerprint density at radius 2 is 1.76 bits per heavy atom. The minimum Gasteiger partial charge on any atom is -0.333 e. The van der Waals surface area contributed by atoms with Crippen molar-refractivity contribution in [1.29, 1.82) is 0 Å². The standard InChI is InChI=1S/C27H40N4O2/c1-19(2)17-30(26(33)21-10-8-7-9-11-21)18-25(32)28-24-16-23(27(4,5)6)29-31(24)22-14-12-20(3)13-15-22/h12-16,19,21H,7-11,17-18H2,1-6H3,(H,28,32). The molecule has 2 amide bonds. The summed E-state index contributed by atoms with van der Waals surface area (Å²) >= 11 is 0. The highest BCUT2D eigenvalue weighted by atomic mass is 16.2. The summed E-state index contributed by atoms with van der Waals surface area (Å²) in [6.45, 7) is 13.2. The predicted octanol–water partition coefficient (Wildman–Crippen LogP) is 5.48. The van der Waals surface area contributed by atoms with Crippen LogP contribution in [0.1, 0.15) is 78.0 Å². The second kappa shape index (κ2) is 10.5. The van der Waals surface area contributed by atoms with Gasteiger partial charge in [0.15, 0.2) is 0 Å². The average Bonchev–Trinajstić information content (AvgIpc) is 3.17. The predicted molar refractivity (Wildman–Crippen MR) is 134 cm³/mol. The van der Waals surface area contributed by atoms with Crippen LogP contribution in [0, 0.1) is 18.8 Å². The van der Waals surface area contributed by atoms with E-state index in [0.29, 0.717) is 18.3 Å². The number of nitrogens with zero attached hydrogens (tertiary/aromatic N) is 3. The van der Waals surface area contributed by atoms with E-state index >= 15 is 0 Å². The Balaban J connectivity index is 1.81. The number of nitrogens with one attached hydrogen (secondary N) is 1. The second-order valence-electron chi connectivity index (χ2n) is 10.9. The number of hydrogen-bond donors (Lipinski definition) is 1. The molecule has 180 valence electrons. The molecule has 1 aromatic heterocycles. The summed E-state index contributed by atoms with van der Waals surface area (Å²) in [5.74, 6) is 0.921. The number of benzene rings is 1. The Kier molecular flexibility index (Phi) is 7.98. The quantitative estimate of drug-likeness (QED) is 0.605. The first kappa shape index (κ1) is 25.0. The number of hydrogen-bond acceptors (Lipinski definition) is 3. The molecule has 6 nitrogen and oxygen atoms in total. The molecule has 0 saturated heterocycles. The Morgan fingerprint density at radius 3 is 2.33 bits per heavy atom. The molecule has 0 atom stereocenters. The molecular formula is C27H40N4O2. The van der Waals surface area contributed by atoms with Crippen molar-refractivity contribution in [2.75, 3.05) is 18.4 Å². The first-order valence-electron chi connectivity index (χ1n) is 12.3. The maximum absolute atomic E-state index is 13.2. The lowest BCUT2D eigenvalue weighted by atomic mass is 9.88. The van der Waals surface area contributed by atoms with E-state index in [2.05, 4.69) is 39.9 Å². The van der Waals surface area contributed by atoms with Gasteiger partial charge in [0, 0.05) is 23.9 Å². The van der Waals surface area contributed by atoms with Crippen LogP contribution in [-0.2, 0) is 15.0 Å². The van der Waals surface area contributed by atoms with Gasteiger partial charge in [0.2, 0.25) is 11.8 Å². The third kappa shape index (κ3) is 6.68. The number of amides is 2. The number of carbonyl (C=O) groups excluding carboxylic acids is 2. The van der Waals surface area contributed by atoms with Gasteiger partial charge in [0.25, 0.3) is 0 Å². The molecule has 3 rings (SSSR count). The van der Waals surface area contributed by atoms with Crippen LogP contribution in [0.25, 0.3) is 5.69 Å². The SMILES string of the molecule is Cc1ccc(-n2nc(C(C)(C)C)cc2NC(=O)CN(CC(C)C)C(=O)C2CCCCC2)cc1. The van der Waals surface area contributed by atoms with E-state index < -0.39 is 0 Å². The molecule has 0 spiro atoms. The Morgan fingerprint density at radius 1 is 1.12 bits per heavy atom. The van der Waals surface area contributed by atoms with Crippen molar-refractivity contribution in [2.24, 2.45) is 11.8 Å². The Bertz CT molecular complexity index is 947. The number of rotatable bonds is 7. The molecule has 1 fully saturated rings. The number of carbonyl (C=O) groups is 2. The van der Waals surface area contributed by atoms with E-state index in [-0.39, 0.29) is 29.7 Å². The highest BCUT2D eigenvalue weighted by molar-refractivity contribution is 5.94. The highest BCUT2D eigenvalue weighted by Crippen LogP contribution is 2.28. The lowest BCUT2D eigenvalue weighted by molar-refractivity contribution is -0.139. The van der Waals surface area contributed by atoms with Crippen LogP contribution in [0.2, 0.25) is 0 Å². The van der Waals surface area contributed by atoms with Gasteiger partial charge in [-0.15, -0.1) is 0 Å². The molecule has 33 heavy (non-hydrogen) atoms. The molecule has 1 aromatic carbocycles. The topological polar surface area (TPSA) is 67.2 Å². The fourth-order valence-electron chi connectivity index (χ4n) is 4.36. The molecule has 6 heteroatoms. The molecule has 2 aromatic rings. The van der Waals surface area contributed by atoms with Gasteiger partial charge >= 0.3 is 0 Å². The molecule has 1 aliphatic carbocycles. The van der Waals surface area contributed by atoms with Crippen molar-refractivity contribution in [1.82, 2.24) is 14.7 Å². The molecular weight excluding hydrogens is 412 g/mol. The van der Waals surface area contributed by atoms with E-state index in [1.165, 1.54) is 6.42 Å². The van der Waals surface area contributed by atoms with Crippen LogP contribution in [0.5, 0.6) is 0 Å².